The highest BCUT2D eigenvalue weighted by Crippen LogP contribution is 2.30. The monoisotopic (exact) mass is 303 g/mol. The third kappa shape index (κ3) is 4.76. The van der Waals surface area contributed by atoms with Crippen molar-refractivity contribution in [2.24, 2.45) is 5.92 Å². The van der Waals surface area contributed by atoms with E-state index in [1.54, 1.807) is 0 Å². The molecule has 0 saturated carbocycles. The van der Waals surface area contributed by atoms with Gasteiger partial charge in [0.15, 0.2) is 0 Å². The Morgan fingerprint density at radius 1 is 1.14 bits per heavy atom. The third-order valence-corrected chi connectivity index (χ3v) is 3.50. The minimum atomic E-state index is 0.605. The summed E-state index contributed by atoms with van der Waals surface area (Å²) < 4.78 is 6.00. The first kappa shape index (κ1) is 15.9. The molecule has 0 unspecified atom stereocenters. The average molecular weight is 304 g/mol. The van der Waals surface area contributed by atoms with Crippen LogP contribution in [0.15, 0.2) is 42.5 Å². The zero-order valence-corrected chi connectivity index (χ0v) is 13.6. The van der Waals surface area contributed by atoms with E-state index in [2.05, 4.69) is 32.2 Å². The van der Waals surface area contributed by atoms with Crippen molar-refractivity contribution in [3.05, 3.63) is 58.6 Å². The smallest absolute Gasteiger partial charge is 0.133 e. The highest BCUT2D eigenvalue weighted by molar-refractivity contribution is 6.31. The normalized spacial score (nSPS) is 10.9. The number of benzene rings is 2. The molecule has 0 fully saturated rings. The molecule has 21 heavy (non-hydrogen) atoms. The lowest BCUT2D eigenvalue weighted by molar-refractivity contribution is 0.469. The Morgan fingerprint density at radius 3 is 2.62 bits per heavy atom. The number of aryl methyl sites for hydroxylation is 1. The second-order valence-electron chi connectivity index (χ2n) is 5.66. The van der Waals surface area contributed by atoms with E-state index >= 15 is 0 Å². The largest absolute Gasteiger partial charge is 0.457 e. The van der Waals surface area contributed by atoms with Crippen molar-refractivity contribution in [2.75, 3.05) is 6.54 Å². The van der Waals surface area contributed by atoms with Crippen molar-refractivity contribution in [3.8, 4) is 11.5 Å². The molecule has 0 aliphatic rings. The molecule has 0 aliphatic carbocycles. The Bertz CT molecular complexity index is 596. The Morgan fingerprint density at radius 2 is 1.90 bits per heavy atom. The summed E-state index contributed by atoms with van der Waals surface area (Å²) in [6.45, 7) is 8.08. The van der Waals surface area contributed by atoms with Gasteiger partial charge in [-0.2, -0.15) is 0 Å². The van der Waals surface area contributed by atoms with Crippen molar-refractivity contribution >= 4 is 11.6 Å². The fraction of sp³-hybridized carbons (Fsp3) is 0.333. The van der Waals surface area contributed by atoms with Crippen LogP contribution in [0.1, 0.15) is 25.0 Å². The molecule has 0 aliphatic heterocycles. The number of hydrogen-bond acceptors (Lipinski definition) is 2. The lowest BCUT2D eigenvalue weighted by Gasteiger charge is -2.14. The van der Waals surface area contributed by atoms with Crippen LogP contribution >= 0.6 is 11.6 Å². The molecule has 2 aromatic carbocycles. The van der Waals surface area contributed by atoms with Gasteiger partial charge in [0, 0.05) is 17.1 Å². The molecule has 0 atom stereocenters. The molecular weight excluding hydrogens is 282 g/mol. The summed E-state index contributed by atoms with van der Waals surface area (Å²) in [5.74, 6) is 2.25. The number of rotatable bonds is 6. The maximum absolute atomic E-state index is 6.32. The molecule has 2 rings (SSSR count). The topological polar surface area (TPSA) is 21.3 Å². The maximum atomic E-state index is 6.32. The van der Waals surface area contributed by atoms with Gasteiger partial charge in [0.2, 0.25) is 0 Å². The van der Waals surface area contributed by atoms with Gasteiger partial charge in [-0.3, -0.25) is 0 Å². The summed E-state index contributed by atoms with van der Waals surface area (Å²) in [6.07, 6.45) is 0. The first-order valence-electron chi connectivity index (χ1n) is 7.29. The van der Waals surface area contributed by atoms with Crippen LogP contribution in [-0.4, -0.2) is 6.54 Å². The molecule has 112 valence electrons. The van der Waals surface area contributed by atoms with Crippen LogP contribution in [0.4, 0.5) is 0 Å². The van der Waals surface area contributed by atoms with Crippen LogP contribution in [0.3, 0.4) is 0 Å². The van der Waals surface area contributed by atoms with E-state index in [4.69, 9.17) is 16.3 Å². The van der Waals surface area contributed by atoms with Crippen molar-refractivity contribution in [3.63, 3.8) is 0 Å². The molecule has 0 saturated heterocycles. The third-order valence-electron chi connectivity index (χ3n) is 3.15. The lowest BCUT2D eigenvalue weighted by Crippen LogP contribution is -2.19. The Labute approximate surface area is 132 Å². The highest BCUT2D eigenvalue weighted by Gasteiger charge is 2.09. The van der Waals surface area contributed by atoms with E-state index < -0.39 is 0 Å². The van der Waals surface area contributed by atoms with Gasteiger partial charge in [-0.1, -0.05) is 43.6 Å². The van der Waals surface area contributed by atoms with Crippen molar-refractivity contribution in [2.45, 2.75) is 27.3 Å². The second-order valence-corrected chi connectivity index (χ2v) is 6.07. The van der Waals surface area contributed by atoms with E-state index in [1.807, 2.05) is 36.4 Å². The van der Waals surface area contributed by atoms with Crippen LogP contribution in [0.25, 0.3) is 0 Å². The van der Waals surface area contributed by atoms with Gasteiger partial charge >= 0.3 is 0 Å². The van der Waals surface area contributed by atoms with Crippen molar-refractivity contribution in [1.82, 2.24) is 5.32 Å². The summed E-state index contributed by atoms with van der Waals surface area (Å²) in [7, 11) is 0. The van der Waals surface area contributed by atoms with E-state index in [0.717, 1.165) is 28.6 Å². The summed E-state index contributed by atoms with van der Waals surface area (Å²) in [5.41, 5.74) is 2.18. The van der Waals surface area contributed by atoms with E-state index in [1.165, 1.54) is 5.56 Å². The molecular formula is C18H22ClNO. The van der Waals surface area contributed by atoms with E-state index in [0.29, 0.717) is 12.5 Å². The zero-order valence-electron chi connectivity index (χ0n) is 12.8. The fourth-order valence-corrected chi connectivity index (χ4v) is 2.33. The standard InChI is InChI=1S/C18H22ClNO/c1-13(2)11-20-12-16-17(19)8-5-9-18(16)21-15-7-4-6-14(3)10-15/h4-10,13,20H,11-12H2,1-3H3. The van der Waals surface area contributed by atoms with Crippen molar-refractivity contribution in [1.29, 1.82) is 0 Å². The SMILES string of the molecule is Cc1cccc(Oc2cccc(Cl)c2CNCC(C)C)c1. The lowest BCUT2D eigenvalue weighted by atomic mass is 10.1. The minimum absolute atomic E-state index is 0.605. The quantitative estimate of drug-likeness (QED) is 0.793. The number of halogens is 1. The number of nitrogens with one attached hydrogen (secondary N) is 1. The average Bonchev–Trinajstić information content (AvgIpc) is 2.41. The molecule has 0 heterocycles. The van der Waals surface area contributed by atoms with Gasteiger partial charge < -0.3 is 10.1 Å². The second kappa shape index (κ2) is 7.48. The summed E-state index contributed by atoms with van der Waals surface area (Å²) in [6, 6.07) is 13.8. The molecule has 0 aromatic heterocycles. The first-order valence-corrected chi connectivity index (χ1v) is 7.66. The highest BCUT2D eigenvalue weighted by atomic mass is 35.5. The zero-order chi connectivity index (χ0) is 15.2. The molecule has 2 nitrogen and oxygen atoms in total. The van der Waals surface area contributed by atoms with Crippen LogP contribution < -0.4 is 10.1 Å². The first-order chi connectivity index (χ1) is 10.1. The maximum Gasteiger partial charge on any atom is 0.133 e. The van der Waals surface area contributed by atoms with Crippen LogP contribution in [-0.2, 0) is 6.54 Å². The Hall–Kier alpha value is -1.51. The van der Waals surface area contributed by atoms with Gasteiger partial charge in [-0.05, 0) is 49.2 Å². The predicted octanol–water partition coefficient (Wildman–Crippen LogP) is 5.19. The van der Waals surface area contributed by atoms with Gasteiger partial charge in [0.05, 0.1) is 0 Å². The van der Waals surface area contributed by atoms with E-state index in [9.17, 15) is 0 Å². The minimum Gasteiger partial charge on any atom is -0.457 e. The van der Waals surface area contributed by atoms with Gasteiger partial charge in [0.1, 0.15) is 11.5 Å². The number of ether oxygens (including phenoxy) is 1. The molecule has 0 bridgehead atoms. The van der Waals surface area contributed by atoms with Crippen LogP contribution in [0, 0.1) is 12.8 Å². The van der Waals surface area contributed by atoms with Crippen molar-refractivity contribution < 1.29 is 4.74 Å². The molecule has 2 aromatic rings. The molecule has 3 heteroatoms. The van der Waals surface area contributed by atoms with Gasteiger partial charge in [0.25, 0.3) is 0 Å². The summed E-state index contributed by atoms with van der Waals surface area (Å²) in [5, 5.41) is 4.15. The molecule has 0 radical (unpaired) electrons. The van der Waals surface area contributed by atoms with Gasteiger partial charge in [-0.25, -0.2) is 0 Å². The molecule has 0 amide bonds. The summed E-state index contributed by atoms with van der Waals surface area (Å²) >= 11 is 6.32. The van der Waals surface area contributed by atoms with Crippen LogP contribution in [0.2, 0.25) is 5.02 Å². The summed E-state index contributed by atoms with van der Waals surface area (Å²) in [4.78, 5) is 0. The Balaban J connectivity index is 2.16. The Kier molecular flexibility index (Phi) is 5.66. The predicted molar refractivity (Wildman–Crippen MR) is 89.2 cm³/mol. The van der Waals surface area contributed by atoms with E-state index in [-0.39, 0.29) is 0 Å². The molecule has 0 spiro atoms. The molecule has 1 N–H and O–H groups in total. The van der Waals surface area contributed by atoms with Gasteiger partial charge in [-0.15, -0.1) is 0 Å². The number of hydrogen-bond donors (Lipinski definition) is 1. The van der Waals surface area contributed by atoms with Crippen LogP contribution in [0.5, 0.6) is 11.5 Å². The fourth-order valence-electron chi connectivity index (χ4n) is 2.10.